The van der Waals surface area contributed by atoms with Gasteiger partial charge >= 0.3 is 6.18 Å². The molecule has 2 unspecified atom stereocenters. The molecule has 2 aromatic heterocycles. The maximum Gasteiger partial charge on any atom is 0.435 e. The number of aliphatic hydroxyl groups is 1. The summed E-state index contributed by atoms with van der Waals surface area (Å²) in [6.45, 7) is 0. The van der Waals surface area contributed by atoms with Crippen molar-refractivity contribution >= 4 is 46.1 Å². The van der Waals surface area contributed by atoms with Crippen LogP contribution in [-0.4, -0.2) is 38.0 Å². The van der Waals surface area contributed by atoms with E-state index in [-0.39, 0.29) is 27.0 Å². The molecule has 1 aliphatic rings. The van der Waals surface area contributed by atoms with Gasteiger partial charge in [0.05, 0.1) is 21.1 Å². The first-order chi connectivity index (χ1) is 13.5. The van der Waals surface area contributed by atoms with Gasteiger partial charge in [-0.2, -0.15) is 17.6 Å². The van der Waals surface area contributed by atoms with Gasteiger partial charge in [0.15, 0.2) is 6.23 Å². The van der Waals surface area contributed by atoms with Gasteiger partial charge in [-0.1, -0.05) is 29.3 Å². The van der Waals surface area contributed by atoms with E-state index in [1.54, 1.807) is 5.32 Å². The van der Waals surface area contributed by atoms with Crippen LogP contribution in [0.5, 0.6) is 0 Å². The number of amides is 1. The number of nitrogens with one attached hydrogen (secondary N) is 2. The average molecular weight is 450 g/mol. The molecule has 2 atom stereocenters. The quantitative estimate of drug-likeness (QED) is 0.412. The van der Waals surface area contributed by atoms with Crippen molar-refractivity contribution in [3.8, 4) is 0 Å². The molecular formula is C16H9Cl2F4N5O2. The number of carbonyl (C=O) groups excluding carboxylic acids is 1. The number of nitrogens with zero attached hydrogens (tertiary/aromatic N) is 3. The second-order valence-electron chi connectivity index (χ2n) is 6.14. The molecule has 3 aromatic rings. The number of aliphatic hydroxyl groups excluding tert-OH is 1. The van der Waals surface area contributed by atoms with E-state index >= 15 is 0 Å². The maximum atomic E-state index is 14.3. The summed E-state index contributed by atoms with van der Waals surface area (Å²) < 4.78 is 56.7. The molecule has 4 rings (SSSR count). The van der Waals surface area contributed by atoms with Gasteiger partial charge in [0.25, 0.3) is 11.6 Å². The minimum absolute atomic E-state index is 0.0422. The number of aromatic nitrogens is 3. The van der Waals surface area contributed by atoms with Crippen molar-refractivity contribution in [2.75, 3.05) is 5.32 Å². The Kier molecular flexibility index (Phi) is 4.37. The van der Waals surface area contributed by atoms with Gasteiger partial charge in [-0.25, -0.2) is 9.97 Å². The average Bonchev–Trinajstić information content (AvgIpc) is 3.09. The monoisotopic (exact) mass is 449 g/mol. The maximum absolute atomic E-state index is 14.3. The summed E-state index contributed by atoms with van der Waals surface area (Å²) in [6.07, 6.45) is -7.56. The lowest BCUT2D eigenvalue weighted by atomic mass is 10.1. The smallest absolute Gasteiger partial charge is 0.369 e. The third-order valence-electron chi connectivity index (χ3n) is 4.39. The lowest BCUT2D eigenvalue weighted by Crippen LogP contribution is -2.65. The van der Waals surface area contributed by atoms with E-state index in [0.29, 0.717) is 4.57 Å². The molecule has 0 radical (unpaired) electrons. The van der Waals surface area contributed by atoms with Crippen LogP contribution in [0.3, 0.4) is 0 Å². The van der Waals surface area contributed by atoms with Crippen molar-refractivity contribution in [1.82, 2.24) is 19.9 Å². The summed E-state index contributed by atoms with van der Waals surface area (Å²) in [7, 11) is 0. The third-order valence-corrected chi connectivity index (χ3v) is 5.12. The molecule has 1 aromatic carbocycles. The zero-order valence-electron chi connectivity index (χ0n) is 13.9. The van der Waals surface area contributed by atoms with Gasteiger partial charge in [-0.05, 0) is 24.3 Å². The van der Waals surface area contributed by atoms with E-state index in [1.807, 2.05) is 0 Å². The standard InChI is InChI=1S/C16H9Cl2F4N5O2/c17-6-4-9-10(5-7(6)18)27-14(24-9)25-13(29)15(27,16(20,21)22)26-12(28)8-2-1-3-11(19)23-8/h1-5,13,29H,(H,24,25)(H,26,28). The fourth-order valence-corrected chi connectivity index (χ4v) is 3.44. The van der Waals surface area contributed by atoms with E-state index in [4.69, 9.17) is 23.2 Å². The van der Waals surface area contributed by atoms with Crippen molar-refractivity contribution < 1.29 is 27.5 Å². The highest BCUT2D eigenvalue weighted by molar-refractivity contribution is 6.42. The first kappa shape index (κ1) is 19.7. The molecule has 0 spiro atoms. The highest BCUT2D eigenvalue weighted by atomic mass is 35.5. The van der Waals surface area contributed by atoms with Crippen molar-refractivity contribution in [2.24, 2.45) is 0 Å². The minimum Gasteiger partial charge on any atom is -0.369 e. The Morgan fingerprint density at radius 2 is 1.93 bits per heavy atom. The summed E-state index contributed by atoms with van der Waals surface area (Å²) in [5, 5.41) is 14.2. The summed E-state index contributed by atoms with van der Waals surface area (Å²) in [6, 6.07) is 5.44. The lowest BCUT2D eigenvalue weighted by molar-refractivity contribution is -0.241. The van der Waals surface area contributed by atoms with Crippen molar-refractivity contribution in [1.29, 1.82) is 0 Å². The zero-order valence-corrected chi connectivity index (χ0v) is 15.4. The predicted molar refractivity (Wildman–Crippen MR) is 95.1 cm³/mol. The molecule has 0 saturated carbocycles. The summed E-state index contributed by atoms with van der Waals surface area (Å²) in [4.78, 5) is 19.7. The first-order valence-electron chi connectivity index (χ1n) is 7.89. The van der Waals surface area contributed by atoms with Crippen LogP contribution in [0, 0.1) is 5.95 Å². The van der Waals surface area contributed by atoms with E-state index in [9.17, 15) is 27.5 Å². The van der Waals surface area contributed by atoms with Crippen LogP contribution >= 0.6 is 23.2 Å². The van der Waals surface area contributed by atoms with E-state index < -0.39 is 35.6 Å². The number of pyridine rings is 1. The zero-order chi connectivity index (χ0) is 21.1. The molecule has 1 amide bonds. The van der Waals surface area contributed by atoms with Crippen LogP contribution < -0.4 is 10.6 Å². The number of hydrogen-bond acceptors (Lipinski definition) is 5. The Hall–Kier alpha value is -2.63. The number of alkyl halides is 3. The van der Waals surface area contributed by atoms with Gasteiger partial charge in [0, 0.05) is 0 Å². The highest BCUT2D eigenvalue weighted by Gasteiger charge is 2.67. The Morgan fingerprint density at radius 1 is 1.24 bits per heavy atom. The number of hydrogen-bond donors (Lipinski definition) is 3. The Bertz CT molecular complexity index is 1150. The number of anilines is 1. The van der Waals surface area contributed by atoms with Gasteiger partial charge in [-0.15, -0.1) is 0 Å². The Morgan fingerprint density at radius 3 is 2.59 bits per heavy atom. The molecule has 7 nitrogen and oxygen atoms in total. The van der Waals surface area contributed by atoms with Gasteiger partial charge < -0.3 is 15.7 Å². The van der Waals surface area contributed by atoms with Crippen molar-refractivity contribution in [2.45, 2.75) is 18.1 Å². The van der Waals surface area contributed by atoms with Gasteiger partial charge in [0.2, 0.25) is 11.9 Å². The molecule has 3 N–H and O–H groups in total. The van der Waals surface area contributed by atoms with Crippen molar-refractivity contribution in [3.05, 3.63) is 52.0 Å². The molecule has 152 valence electrons. The molecule has 3 heterocycles. The third kappa shape index (κ3) is 2.88. The van der Waals surface area contributed by atoms with E-state index in [1.165, 1.54) is 6.07 Å². The number of carbonyl (C=O) groups is 1. The summed E-state index contributed by atoms with van der Waals surface area (Å²) in [5.41, 5.74) is -4.09. The van der Waals surface area contributed by atoms with Crippen LogP contribution in [0.4, 0.5) is 23.5 Å². The largest absolute Gasteiger partial charge is 0.435 e. The van der Waals surface area contributed by atoms with Gasteiger partial charge in [0.1, 0.15) is 5.69 Å². The SMILES string of the molecule is O=C(NC1(C(F)(F)F)C(O)Nc2nc3cc(Cl)c(Cl)cc3n21)c1cccc(F)n1. The highest BCUT2D eigenvalue weighted by Crippen LogP contribution is 2.46. The van der Waals surface area contributed by atoms with E-state index in [2.05, 4.69) is 15.3 Å². The minimum atomic E-state index is -5.21. The molecule has 0 saturated heterocycles. The fourth-order valence-electron chi connectivity index (χ4n) is 3.12. The normalized spacial score (nSPS) is 21.1. The lowest BCUT2D eigenvalue weighted by Gasteiger charge is -2.36. The number of halogens is 6. The Labute approximate surface area is 169 Å². The second kappa shape index (κ2) is 6.44. The Balaban J connectivity index is 1.92. The summed E-state index contributed by atoms with van der Waals surface area (Å²) >= 11 is 11.8. The van der Waals surface area contributed by atoms with Crippen molar-refractivity contribution in [3.63, 3.8) is 0 Å². The number of fused-ring (bicyclic) bond motifs is 3. The summed E-state index contributed by atoms with van der Waals surface area (Å²) in [5.74, 6) is -2.80. The molecule has 0 fully saturated rings. The number of benzene rings is 1. The van der Waals surface area contributed by atoms with Crippen LogP contribution in [0.25, 0.3) is 11.0 Å². The second-order valence-corrected chi connectivity index (χ2v) is 6.95. The molecular weight excluding hydrogens is 441 g/mol. The van der Waals surface area contributed by atoms with Crippen LogP contribution in [0.2, 0.25) is 10.0 Å². The number of imidazole rings is 1. The molecule has 29 heavy (non-hydrogen) atoms. The van der Waals surface area contributed by atoms with E-state index in [0.717, 1.165) is 24.3 Å². The van der Waals surface area contributed by atoms with Crippen LogP contribution in [0.1, 0.15) is 10.5 Å². The van der Waals surface area contributed by atoms with Crippen LogP contribution in [0.15, 0.2) is 30.3 Å². The molecule has 0 aliphatic carbocycles. The predicted octanol–water partition coefficient (Wildman–Crippen LogP) is 3.27. The molecule has 13 heteroatoms. The number of rotatable bonds is 2. The fraction of sp³-hybridized carbons (Fsp3) is 0.188. The topological polar surface area (TPSA) is 92.1 Å². The molecule has 0 bridgehead atoms. The molecule has 1 aliphatic heterocycles. The van der Waals surface area contributed by atoms with Crippen LogP contribution in [-0.2, 0) is 5.66 Å². The first-order valence-corrected chi connectivity index (χ1v) is 8.64. The van der Waals surface area contributed by atoms with Gasteiger partial charge in [-0.3, -0.25) is 9.36 Å².